The number of carbonyl (C=O) groups is 2. The van der Waals surface area contributed by atoms with Gasteiger partial charge in [-0.05, 0) is 30.7 Å². The van der Waals surface area contributed by atoms with Gasteiger partial charge in [0.05, 0.1) is 23.6 Å². The van der Waals surface area contributed by atoms with E-state index in [0.717, 1.165) is 0 Å². The van der Waals surface area contributed by atoms with Crippen LogP contribution in [0.25, 0.3) is 0 Å². The number of sulfonamides is 1. The van der Waals surface area contributed by atoms with Crippen LogP contribution in [0.1, 0.15) is 16.8 Å². The number of nitrogens with two attached hydrogens (primary N) is 1. The molecule has 2 atom stereocenters. The Morgan fingerprint density at radius 2 is 2.00 bits per heavy atom. The molecule has 9 nitrogen and oxygen atoms in total. The number of hydrogen-bond donors (Lipinski definition) is 3. The maximum Gasteiger partial charge on any atom is 0.329 e. The topological polar surface area (TPSA) is 145 Å². The molecule has 1 fully saturated rings. The van der Waals surface area contributed by atoms with E-state index in [4.69, 9.17) is 19.7 Å². The zero-order valence-electron chi connectivity index (χ0n) is 12.7. The van der Waals surface area contributed by atoms with Crippen molar-refractivity contribution in [2.45, 2.75) is 23.5 Å². The molecule has 24 heavy (non-hydrogen) atoms. The van der Waals surface area contributed by atoms with Gasteiger partial charge in [-0.3, -0.25) is 4.79 Å². The van der Waals surface area contributed by atoms with Crippen LogP contribution in [0, 0.1) is 0 Å². The zero-order valence-corrected chi connectivity index (χ0v) is 13.5. The Labute approximate surface area is 138 Å². The second-order valence-electron chi connectivity index (χ2n) is 5.26. The van der Waals surface area contributed by atoms with Crippen molar-refractivity contribution in [3.05, 3.63) is 29.8 Å². The van der Waals surface area contributed by atoms with Crippen LogP contribution in [0.4, 0.5) is 0 Å². The normalized spacial score (nSPS) is 21.2. The number of aliphatic carboxylic acids is 1. The number of ether oxygens (including phenoxy) is 2. The number of carbonyl (C=O) groups excluding carboxylic acids is 1. The molecular weight excluding hydrogens is 340 g/mol. The number of amides is 1. The van der Waals surface area contributed by atoms with Crippen LogP contribution in [-0.2, 0) is 24.3 Å². The molecule has 0 saturated carbocycles. The number of primary sulfonamides is 1. The van der Waals surface area contributed by atoms with Crippen LogP contribution in [0.15, 0.2) is 29.2 Å². The van der Waals surface area contributed by atoms with Gasteiger partial charge in [0.1, 0.15) is 6.61 Å². The fourth-order valence-electron chi connectivity index (χ4n) is 2.28. The predicted octanol–water partition coefficient (Wildman–Crippen LogP) is -0.677. The van der Waals surface area contributed by atoms with E-state index in [0.29, 0.717) is 13.0 Å². The van der Waals surface area contributed by atoms with E-state index in [1.165, 1.54) is 24.3 Å². The van der Waals surface area contributed by atoms with Gasteiger partial charge in [0.2, 0.25) is 10.0 Å². The molecule has 0 aromatic heterocycles. The second-order valence-corrected chi connectivity index (χ2v) is 6.82. The molecule has 10 heteroatoms. The first-order valence-electron chi connectivity index (χ1n) is 7.12. The molecule has 0 bridgehead atoms. The third kappa shape index (κ3) is 4.99. The molecule has 2 rings (SSSR count). The van der Waals surface area contributed by atoms with Crippen molar-refractivity contribution in [1.82, 2.24) is 5.32 Å². The van der Waals surface area contributed by atoms with Crippen molar-refractivity contribution in [1.29, 1.82) is 0 Å². The minimum atomic E-state index is -3.82. The third-order valence-electron chi connectivity index (χ3n) is 3.48. The first-order valence-corrected chi connectivity index (χ1v) is 8.67. The van der Waals surface area contributed by atoms with Crippen LogP contribution in [0.5, 0.6) is 0 Å². The second kappa shape index (κ2) is 7.71. The highest BCUT2D eigenvalue weighted by Gasteiger charge is 2.28. The Morgan fingerprint density at radius 3 is 2.58 bits per heavy atom. The smallest absolute Gasteiger partial charge is 0.329 e. The number of carboxylic acids is 1. The van der Waals surface area contributed by atoms with Crippen LogP contribution < -0.4 is 10.5 Å². The molecule has 0 radical (unpaired) electrons. The SMILES string of the molecule is NS(=O)(=O)c1ccc(C(=O)N[C@@H]2COCC[C@@H]2OCC(=O)O)cc1. The van der Waals surface area contributed by atoms with Gasteiger partial charge >= 0.3 is 5.97 Å². The molecule has 132 valence electrons. The molecule has 1 aliphatic heterocycles. The predicted molar refractivity (Wildman–Crippen MR) is 81.9 cm³/mol. The Kier molecular flexibility index (Phi) is 5.89. The van der Waals surface area contributed by atoms with Crippen LogP contribution >= 0.6 is 0 Å². The van der Waals surface area contributed by atoms with E-state index < -0.39 is 40.7 Å². The molecule has 1 heterocycles. The average Bonchev–Trinajstić information content (AvgIpc) is 2.53. The fourth-order valence-corrected chi connectivity index (χ4v) is 2.79. The van der Waals surface area contributed by atoms with Crippen molar-refractivity contribution in [3.63, 3.8) is 0 Å². The minimum absolute atomic E-state index is 0.0947. The van der Waals surface area contributed by atoms with Gasteiger partial charge in [-0.25, -0.2) is 18.4 Å². The van der Waals surface area contributed by atoms with Crippen molar-refractivity contribution < 1.29 is 32.6 Å². The van der Waals surface area contributed by atoms with Crippen LogP contribution in [-0.4, -0.2) is 57.4 Å². The molecule has 4 N–H and O–H groups in total. The molecule has 1 saturated heterocycles. The Morgan fingerprint density at radius 1 is 1.33 bits per heavy atom. The standard InChI is InChI=1S/C14H18N2O7S/c15-24(20,21)10-3-1-9(2-4-10)14(19)16-11-7-22-6-5-12(11)23-8-13(17)18/h1-4,11-12H,5-8H2,(H,16,19)(H,17,18)(H2,15,20,21)/t11-,12+/m1/s1. The van der Waals surface area contributed by atoms with Gasteiger partial charge in [-0.1, -0.05) is 0 Å². The highest BCUT2D eigenvalue weighted by molar-refractivity contribution is 7.89. The molecule has 0 aliphatic carbocycles. The lowest BCUT2D eigenvalue weighted by Crippen LogP contribution is -2.51. The Hall–Kier alpha value is -2.01. The number of nitrogens with one attached hydrogen (secondary N) is 1. The van der Waals surface area contributed by atoms with Gasteiger partial charge in [0, 0.05) is 12.2 Å². The van der Waals surface area contributed by atoms with Gasteiger partial charge in [0.15, 0.2) is 0 Å². The summed E-state index contributed by atoms with van der Waals surface area (Å²) in [4.78, 5) is 22.7. The van der Waals surface area contributed by atoms with Crippen molar-refractivity contribution >= 4 is 21.9 Å². The molecule has 0 unspecified atom stereocenters. The summed E-state index contributed by atoms with van der Waals surface area (Å²) in [5.41, 5.74) is 0.241. The summed E-state index contributed by atoms with van der Waals surface area (Å²) >= 11 is 0. The minimum Gasteiger partial charge on any atom is -0.480 e. The number of carboxylic acid groups (broad SMARTS) is 1. The lowest BCUT2D eigenvalue weighted by molar-refractivity contribution is -0.147. The molecule has 1 aromatic carbocycles. The maximum atomic E-state index is 12.2. The molecule has 1 aliphatic rings. The van der Waals surface area contributed by atoms with E-state index in [9.17, 15) is 18.0 Å². The molecular formula is C14H18N2O7S. The van der Waals surface area contributed by atoms with E-state index >= 15 is 0 Å². The lowest BCUT2D eigenvalue weighted by Gasteiger charge is -2.31. The summed E-state index contributed by atoms with van der Waals surface area (Å²) in [5, 5.41) is 16.4. The van der Waals surface area contributed by atoms with Gasteiger partial charge in [0.25, 0.3) is 5.91 Å². The van der Waals surface area contributed by atoms with E-state index in [-0.39, 0.29) is 17.1 Å². The largest absolute Gasteiger partial charge is 0.480 e. The summed E-state index contributed by atoms with van der Waals surface area (Å²) < 4.78 is 32.9. The van der Waals surface area contributed by atoms with Crippen molar-refractivity contribution in [2.24, 2.45) is 5.14 Å². The molecule has 0 spiro atoms. The maximum absolute atomic E-state index is 12.2. The van der Waals surface area contributed by atoms with Crippen molar-refractivity contribution in [2.75, 3.05) is 19.8 Å². The van der Waals surface area contributed by atoms with E-state index in [1.54, 1.807) is 0 Å². The first-order chi connectivity index (χ1) is 11.3. The van der Waals surface area contributed by atoms with Gasteiger partial charge in [-0.15, -0.1) is 0 Å². The quantitative estimate of drug-likeness (QED) is 0.611. The van der Waals surface area contributed by atoms with E-state index in [2.05, 4.69) is 5.32 Å². The number of benzene rings is 1. The summed E-state index contributed by atoms with van der Waals surface area (Å²) in [6, 6.07) is 4.65. The van der Waals surface area contributed by atoms with E-state index in [1.807, 2.05) is 0 Å². The van der Waals surface area contributed by atoms with Crippen molar-refractivity contribution in [3.8, 4) is 0 Å². The summed E-state index contributed by atoms with van der Waals surface area (Å²) in [7, 11) is -3.82. The number of rotatable bonds is 6. The average molecular weight is 358 g/mol. The fraction of sp³-hybridized carbons (Fsp3) is 0.429. The Balaban J connectivity index is 2.02. The monoisotopic (exact) mass is 358 g/mol. The third-order valence-corrected chi connectivity index (χ3v) is 4.40. The highest BCUT2D eigenvalue weighted by Crippen LogP contribution is 2.14. The molecule has 1 amide bonds. The summed E-state index contributed by atoms with van der Waals surface area (Å²) in [6.45, 7) is 0.158. The zero-order chi connectivity index (χ0) is 17.7. The van der Waals surface area contributed by atoms with Crippen LogP contribution in [0.3, 0.4) is 0 Å². The van der Waals surface area contributed by atoms with Gasteiger partial charge < -0.3 is 19.9 Å². The summed E-state index contributed by atoms with van der Waals surface area (Å²) in [6.07, 6.45) is -0.00902. The number of hydrogen-bond acceptors (Lipinski definition) is 6. The summed E-state index contributed by atoms with van der Waals surface area (Å²) in [5.74, 6) is -1.54. The highest BCUT2D eigenvalue weighted by atomic mass is 32.2. The first kappa shape index (κ1) is 18.3. The molecule has 1 aromatic rings. The van der Waals surface area contributed by atoms with Crippen LogP contribution in [0.2, 0.25) is 0 Å². The van der Waals surface area contributed by atoms with Gasteiger partial charge in [-0.2, -0.15) is 0 Å². The lowest BCUT2D eigenvalue weighted by atomic mass is 10.1. The Bertz CT molecular complexity index is 702.